The van der Waals surface area contributed by atoms with Gasteiger partial charge in [0.2, 0.25) is 0 Å². The lowest BCUT2D eigenvalue weighted by Gasteiger charge is -2.00. The van der Waals surface area contributed by atoms with Crippen molar-refractivity contribution in [2.24, 2.45) is 0 Å². The number of hydrogen-bond acceptors (Lipinski definition) is 0. The Labute approximate surface area is 126 Å². The Hall–Kier alpha value is -0.740. The fourth-order valence-corrected chi connectivity index (χ4v) is 4.33. The maximum absolute atomic E-state index is 13.2. The highest BCUT2D eigenvalue weighted by Gasteiger charge is 2.47. The summed E-state index contributed by atoms with van der Waals surface area (Å²) in [6.07, 6.45) is 4.63. The van der Waals surface area contributed by atoms with Crippen molar-refractivity contribution in [1.82, 2.24) is 0 Å². The average Bonchev–Trinajstić information content (AvgIpc) is 2.72. The Morgan fingerprint density at radius 1 is 1.05 bits per heavy atom. The van der Waals surface area contributed by atoms with E-state index in [1.54, 1.807) is 30.3 Å². The molecule has 0 aliphatic heterocycles. The van der Waals surface area contributed by atoms with Crippen molar-refractivity contribution in [3.63, 3.8) is 0 Å². The maximum Gasteiger partial charge on any atom is 0.600 e. The van der Waals surface area contributed by atoms with E-state index in [-0.39, 0.29) is 12.4 Å². The molecule has 1 unspecified atom stereocenters. The lowest BCUT2D eigenvalue weighted by atomic mass is 10.1. The van der Waals surface area contributed by atoms with E-state index in [0.717, 1.165) is 31.1 Å². The number of halogens is 4. The predicted molar refractivity (Wildman–Crippen MR) is 82.8 cm³/mol. The summed E-state index contributed by atoms with van der Waals surface area (Å²) in [5, 5.41) is 0.744. The van der Waals surface area contributed by atoms with Gasteiger partial charge >= 0.3 is 5.51 Å². The van der Waals surface area contributed by atoms with Gasteiger partial charge in [0.25, 0.3) is 0 Å². The van der Waals surface area contributed by atoms with Crippen molar-refractivity contribution < 1.29 is 13.2 Å². The minimum Gasteiger partial charge on any atom is -0.147 e. The molecule has 0 bridgehead atoms. The number of fused-ring (bicyclic) bond motifs is 1. The highest BCUT2D eigenvalue weighted by molar-refractivity contribution is 7.38. The molecule has 0 N–H and O–H groups in total. The second-order valence-electron chi connectivity index (χ2n) is 4.71. The predicted octanol–water partition coefficient (Wildman–Crippen LogP) is 6.61. The molecule has 2 rings (SSSR count). The molecule has 0 nitrogen and oxygen atoms in total. The van der Waals surface area contributed by atoms with E-state index in [4.69, 9.17) is 0 Å². The third kappa shape index (κ3) is 3.89. The second-order valence-corrected chi connectivity index (χ2v) is 6.75. The third-order valence-electron chi connectivity index (χ3n) is 3.23. The molecule has 1 aromatic heterocycles. The summed E-state index contributed by atoms with van der Waals surface area (Å²) in [5.74, 6) is 0. The van der Waals surface area contributed by atoms with E-state index in [9.17, 15) is 13.2 Å². The maximum atomic E-state index is 13.2. The zero-order valence-electron chi connectivity index (χ0n) is 11.4. The molecule has 0 aliphatic rings. The number of thiophene rings is 1. The number of unbranched alkanes of at least 4 members (excludes halogenated alkanes) is 3. The first-order valence-corrected chi connectivity index (χ1v) is 7.87. The number of aryl methyl sites for hydroxylation is 1. The Balaban J connectivity index is 0.00000200. The van der Waals surface area contributed by atoms with E-state index in [1.807, 2.05) is 0 Å². The van der Waals surface area contributed by atoms with E-state index < -0.39 is 16.0 Å². The Kier molecular flexibility index (Phi) is 6.34. The number of benzene rings is 1. The van der Waals surface area contributed by atoms with Crippen molar-refractivity contribution in [3.05, 3.63) is 35.2 Å². The van der Waals surface area contributed by atoms with Crippen LogP contribution in [0, 0.1) is 0 Å². The van der Waals surface area contributed by atoms with E-state index in [2.05, 4.69) is 6.92 Å². The first-order chi connectivity index (χ1) is 9.04. The van der Waals surface area contributed by atoms with Crippen molar-refractivity contribution >= 4 is 33.0 Å². The van der Waals surface area contributed by atoms with Gasteiger partial charge in [0.15, 0.2) is 9.58 Å². The molecule has 0 amide bonds. The van der Waals surface area contributed by atoms with Gasteiger partial charge in [-0.05, 0) is 18.6 Å². The summed E-state index contributed by atoms with van der Waals surface area (Å²) < 4.78 is 40.2. The molecule has 1 heterocycles. The molecule has 1 aromatic carbocycles. The van der Waals surface area contributed by atoms with Crippen LogP contribution in [0.3, 0.4) is 0 Å². The lowest BCUT2D eigenvalue weighted by molar-refractivity contribution is -0.0867. The summed E-state index contributed by atoms with van der Waals surface area (Å²) in [4.78, 5) is 0.560. The van der Waals surface area contributed by atoms with Gasteiger partial charge in [-0.2, -0.15) is 0 Å². The summed E-state index contributed by atoms with van der Waals surface area (Å²) >= 11 is 0. The zero-order chi connectivity index (χ0) is 13.9. The van der Waals surface area contributed by atoms with Crippen molar-refractivity contribution in [3.8, 4) is 0 Å². The summed E-state index contributed by atoms with van der Waals surface area (Å²) in [7, 11) is -1.70. The van der Waals surface area contributed by atoms with Crippen LogP contribution in [0.2, 0.25) is 0 Å². The largest absolute Gasteiger partial charge is 0.600 e. The lowest BCUT2D eigenvalue weighted by Crippen LogP contribution is -1.98. The van der Waals surface area contributed by atoms with E-state index in [0.29, 0.717) is 16.0 Å². The molecule has 0 saturated heterocycles. The molecule has 1 atom stereocenters. The van der Waals surface area contributed by atoms with E-state index >= 15 is 0 Å². The molecule has 0 aliphatic carbocycles. The quantitative estimate of drug-likeness (QED) is 0.429. The fourth-order valence-electron chi connectivity index (χ4n) is 2.33. The van der Waals surface area contributed by atoms with Gasteiger partial charge in [-0.1, -0.05) is 38.3 Å². The second kappa shape index (κ2) is 7.32. The van der Waals surface area contributed by atoms with Crippen LogP contribution in [-0.4, -0.2) is 0 Å². The zero-order valence-corrected chi connectivity index (χ0v) is 13.0. The highest BCUT2D eigenvalue weighted by Crippen LogP contribution is 2.51. The van der Waals surface area contributed by atoms with Gasteiger partial charge in [-0.25, -0.2) is 0 Å². The van der Waals surface area contributed by atoms with Crippen LogP contribution in [0.15, 0.2) is 30.3 Å². The Morgan fingerprint density at radius 3 is 2.40 bits per heavy atom. The fraction of sp³-hybridized carbons (Fsp3) is 0.467. The van der Waals surface area contributed by atoms with Crippen molar-refractivity contribution in [2.75, 3.05) is 0 Å². The number of alkyl halides is 3. The van der Waals surface area contributed by atoms with Crippen LogP contribution in [0.1, 0.15) is 37.5 Å². The summed E-state index contributed by atoms with van der Waals surface area (Å²) in [5.41, 5.74) is -4.15. The molecule has 0 saturated carbocycles. The molecule has 0 radical (unpaired) electrons. The van der Waals surface area contributed by atoms with Gasteiger partial charge in [-0.3, -0.25) is 0 Å². The SMILES string of the molecule is CCCCCCc1cc2ccccc2[s+]1C(F)(F)F.Cl. The molecule has 5 heteroatoms. The van der Waals surface area contributed by atoms with Gasteiger partial charge < -0.3 is 0 Å². The molecular weight excluding hydrogens is 305 g/mol. The Bertz CT molecular complexity index is 546. The van der Waals surface area contributed by atoms with Crippen LogP contribution in [0.5, 0.6) is 0 Å². The normalized spacial score (nSPS) is 12.5. The smallest absolute Gasteiger partial charge is 0.147 e. The molecule has 112 valence electrons. The first kappa shape index (κ1) is 17.3. The molecule has 0 fully saturated rings. The van der Waals surface area contributed by atoms with Gasteiger partial charge in [0.1, 0.15) is 0 Å². The van der Waals surface area contributed by atoms with Crippen LogP contribution >= 0.6 is 22.9 Å². The van der Waals surface area contributed by atoms with E-state index in [1.165, 1.54) is 0 Å². The van der Waals surface area contributed by atoms with Gasteiger partial charge in [0.05, 0.1) is 10.5 Å². The highest BCUT2D eigenvalue weighted by atomic mass is 35.5. The molecule has 2 aromatic rings. The molecule has 0 spiro atoms. The summed E-state index contributed by atoms with van der Waals surface area (Å²) in [6.45, 7) is 2.10. The summed E-state index contributed by atoms with van der Waals surface area (Å²) in [6, 6.07) is 8.63. The standard InChI is InChI=1S/C15H18F3S.ClH/c1-2-3-4-5-9-13-11-12-8-6-7-10-14(12)19(13)15(16,17)18;/h6-8,10-11H,2-5,9H2,1H3;1H/q+1;. The topological polar surface area (TPSA) is 0 Å². The number of hydrogen-bond donors (Lipinski definition) is 0. The van der Waals surface area contributed by atoms with Crippen LogP contribution in [0.25, 0.3) is 10.1 Å². The monoisotopic (exact) mass is 323 g/mol. The molecular formula is C15H19ClF3S+. The average molecular weight is 324 g/mol. The van der Waals surface area contributed by atoms with Crippen LogP contribution in [-0.2, 0) is 11.9 Å². The van der Waals surface area contributed by atoms with Crippen LogP contribution < -0.4 is 0 Å². The number of rotatable bonds is 5. The van der Waals surface area contributed by atoms with Crippen molar-refractivity contribution in [2.45, 2.75) is 44.5 Å². The van der Waals surface area contributed by atoms with Gasteiger partial charge in [-0.15, -0.1) is 25.6 Å². The third-order valence-corrected chi connectivity index (χ3v) is 5.35. The Morgan fingerprint density at radius 2 is 1.75 bits per heavy atom. The first-order valence-electron chi connectivity index (χ1n) is 6.64. The minimum atomic E-state index is -4.15. The van der Waals surface area contributed by atoms with Gasteiger partial charge in [0, 0.05) is 17.9 Å². The van der Waals surface area contributed by atoms with Crippen LogP contribution in [0.4, 0.5) is 13.2 Å². The minimum absolute atomic E-state index is 0. The van der Waals surface area contributed by atoms with Crippen molar-refractivity contribution in [1.29, 1.82) is 0 Å². The molecule has 20 heavy (non-hydrogen) atoms.